The van der Waals surface area contributed by atoms with E-state index in [-0.39, 0.29) is 0 Å². The number of allylic oxidation sites excluding steroid dienone is 2. The number of rotatable bonds is 4. The summed E-state index contributed by atoms with van der Waals surface area (Å²) in [6.45, 7) is 0. The van der Waals surface area contributed by atoms with Crippen molar-refractivity contribution >= 4 is 78.6 Å². The normalized spacial score (nSPS) is 15.4. The number of halogens is 2. The quantitative estimate of drug-likeness (QED) is 0.196. The van der Waals surface area contributed by atoms with Gasteiger partial charge in [0.15, 0.2) is 0 Å². The van der Waals surface area contributed by atoms with Gasteiger partial charge < -0.3 is 0 Å². The summed E-state index contributed by atoms with van der Waals surface area (Å²) in [5, 5.41) is 6.15. The minimum absolute atomic E-state index is 0.758. The second kappa shape index (κ2) is 10.5. The van der Waals surface area contributed by atoms with Crippen LogP contribution < -0.4 is 0 Å². The Morgan fingerprint density at radius 2 is 0.950 bits per heavy atom. The molecule has 0 amide bonds. The van der Waals surface area contributed by atoms with Gasteiger partial charge >= 0.3 is 0 Å². The highest BCUT2D eigenvalue weighted by atomic mass is 35.5. The van der Waals surface area contributed by atoms with Crippen molar-refractivity contribution < 1.29 is 0 Å². The van der Waals surface area contributed by atoms with Gasteiger partial charge in [-0.05, 0) is 88.1 Å². The van der Waals surface area contributed by atoms with Crippen LogP contribution in [0.3, 0.4) is 0 Å². The molecule has 0 aliphatic heterocycles. The Hall–Kier alpha value is -3.98. The molecular formula is C36H26Cl2N2. The molecule has 0 saturated carbocycles. The molecule has 0 bridgehead atoms. The lowest BCUT2D eigenvalue weighted by molar-refractivity contribution is 0.924. The Bertz CT molecular complexity index is 1780. The molecule has 0 heterocycles. The van der Waals surface area contributed by atoms with Gasteiger partial charge in [0.25, 0.3) is 0 Å². The molecule has 2 nitrogen and oxygen atoms in total. The first-order valence-corrected chi connectivity index (χ1v) is 14.4. The third-order valence-corrected chi connectivity index (χ3v) is 8.84. The summed E-state index contributed by atoms with van der Waals surface area (Å²) in [6.07, 6.45) is 7.48. The fourth-order valence-corrected chi connectivity index (χ4v) is 6.44. The molecule has 5 aromatic rings. The molecule has 0 N–H and O–H groups in total. The lowest BCUT2D eigenvalue weighted by Crippen LogP contribution is -2.09. The van der Waals surface area contributed by atoms with E-state index in [2.05, 4.69) is 60.7 Å². The smallest absolute Gasteiger partial charge is 0.0708 e. The van der Waals surface area contributed by atoms with E-state index in [4.69, 9.17) is 33.2 Å². The monoisotopic (exact) mass is 556 g/mol. The Morgan fingerprint density at radius 1 is 0.500 bits per heavy atom. The van der Waals surface area contributed by atoms with Gasteiger partial charge in [0, 0.05) is 23.2 Å². The number of aliphatic imine (C=N–C) groups is 2. The van der Waals surface area contributed by atoms with Gasteiger partial charge in [-0.25, -0.2) is 0 Å². The first kappa shape index (κ1) is 25.0. The van der Waals surface area contributed by atoms with E-state index in [1.165, 1.54) is 21.9 Å². The molecule has 2 aliphatic carbocycles. The molecule has 2 aliphatic rings. The zero-order valence-electron chi connectivity index (χ0n) is 21.9. The summed E-state index contributed by atoms with van der Waals surface area (Å²) in [6, 6.07) is 33.5. The van der Waals surface area contributed by atoms with Crippen LogP contribution in [0, 0.1) is 0 Å². The number of hydrogen-bond acceptors (Lipinski definition) is 2. The molecule has 0 atom stereocenters. The number of hydrogen-bond donors (Lipinski definition) is 0. The molecule has 0 aromatic heterocycles. The average molecular weight is 558 g/mol. The van der Waals surface area contributed by atoms with Crippen LogP contribution in [-0.4, -0.2) is 12.4 Å². The van der Waals surface area contributed by atoms with Gasteiger partial charge in [0.2, 0.25) is 0 Å². The maximum Gasteiger partial charge on any atom is 0.0708 e. The predicted octanol–water partition coefficient (Wildman–Crippen LogP) is 10.6. The predicted molar refractivity (Wildman–Crippen MR) is 173 cm³/mol. The van der Waals surface area contributed by atoms with Crippen LogP contribution in [0.2, 0.25) is 0 Å². The van der Waals surface area contributed by atoms with Crippen LogP contribution in [0.4, 0.5) is 11.4 Å². The second-order valence-corrected chi connectivity index (χ2v) is 11.1. The zero-order chi connectivity index (χ0) is 27.1. The fraction of sp³-hybridized carbons (Fsp3) is 0.111. The second-order valence-electron chi connectivity index (χ2n) is 10.4. The van der Waals surface area contributed by atoms with E-state index in [0.29, 0.717) is 0 Å². The average Bonchev–Trinajstić information content (AvgIpc) is 3.00. The van der Waals surface area contributed by atoms with Gasteiger partial charge in [-0.2, -0.15) is 0 Å². The maximum atomic E-state index is 7.02. The van der Waals surface area contributed by atoms with Crippen molar-refractivity contribution in [1.29, 1.82) is 0 Å². The molecular weight excluding hydrogens is 531 g/mol. The molecule has 7 rings (SSSR count). The number of benzene rings is 5. The molecule has 0 spiro atoms. The lowest BCUT2D eigenvalue weighted by atomic mass is 9.84. The zero-order valence-corrected chi connectivity index (χ0v) is 23.4. The van der Waals surface area contributed by atoms with Crippen molar-refractivity contribution in [2.45, 2.75) is 25.7 Å². The molecule has 0 radical (unpaired) electrons. The van der Waals surface area contributed by atoms with Gasteiger partial charge in [0.05, 0.1) is 21.4 Å². The van der Waals surface area contributed by atoms with Gasteiger partial charge in [0.1, 0.15) is 0 Å². The number of aryl methyl sites for hydroxylation is 2. The molecule has 0 saturated heterocycles. The molecule has 40 heavy (non-hydrogen) atoms. The van der Waals surface area contributed by atoms with E-state index in [1.54, 1.807) is 0 Å². The maximum absolute atomic E-state index is 7.02. The van der Waals surface area contributed by atoms with Crippen LogP contribution in [0.15, 0.2) is 118 Å². The highest BCUT2D eigenvalue weighted by Gasteiger charge is 2.23. The van der Waals surface area contributed by atoms with Crippen LogP contribution in [0.25, 0.3) is 31.6 Å². The number of fused-ring (bicyclic) bond motifs is 4. The summed E-state index contributed by atoms with van der Waals surface area (Å²) < 4.78 is 0. The van der Waals surface area contributed by atoms with Crippen LogP contribution in [-0.2, 0) is 12.8 Å². The van der Waals surface area contributed by atoms with Crippen LogP contribution >= 0.6 is 23.2 Å². The van der Waals surface area contributed by atoms with E-state index in [9.17, 15) is 0 Å². The Balaban J connectivity index is 1.22. The van der Waals surface area contributed by atoms with Crippen molar-refractivity contribution in [2.24, 2.45) is 9.98 Å². The minimum Gasteiger partial charge on any atom is -0.256 e. The summed E-state index contributed by atoms with van der Waals surface area (Å²) in [5.41, 5.74) is 8.67. The van der Waals surface area contributed by atoms with Crippen molar-refractivity contribution in [3.63, 3.8) is 0 Å². The largest absolute Gasteiger partial charge is 0.256 e. The summed E-state index contributed by atoms with van der Waals surface area (Å²) >= 11 is 14.0. The molecule has 5 aromatic carbocycles. The van der Waals surface area contributed by atoms with Crippen LogP contribution in [0.5, 0.6) is 0 Å². The number of nitrogens with zero attached hydrogens (tertiary/aromatic N) is 2. The van der Waals surface area contributed by atoms with Crippen molar-refractivity contribution in [3.8, 4) is 0 Å². The van der Waals surface area contributed by atoms with Gasteiger partial charge in [-0.3, -0.25) is 9.98 Å². The van der Waals surface area contributed by atoms with E-state index in [0.717, 1.165) is 80.2 Å². The summed E-state index contributed by atoms with van der Waals surface area (Å²) in [4.78, 5) is 9.70. The molecule has 0 unspecified atom stereocenters. The van der Waals surface area contributed by atoms with Gasteiger partial charge in [-0.15, -0.1) is 0 Å². The summed E-state index contributed by atoms with van der Waals surface area (Å²) in [5.74, 6) is 0. The van der Waals surface area contributed by atoms with Crippen molar-refractivity contribution in [2.75, 3.05) is 0 Å². The highest BCUT2D eigenvalue weighted by molar-refractivity contribution is 6.52. The Labute approximate surface area is 244 Å². The first-order valence-electron chi connectivity index (χ1n) is 13.6. The minimum atomic E-state index is 0.758. The molecule has 0 fully saturated rings. The van der Waals surface area contributed by atoms with E-state index >= 15 is 0 Å². The topological polar surface area (TPSA) is 24.7 Å². The van der Waals surface area contributed by atoms with Crippen molar-refractivity contribution in [1.82, 2.24) is 0 Å². The molecule has 4 heteroatoms. The van der Waals surface area contributed by atoms with E-state index in [1.807, 2.05) is 48.8 Å². The Morgan fingerprint density at radius 3 is 1.45 bits per heavy atom. The molecule has 194 valence electrons. The van der Waals surface area contributed by atoms with Crippen LogP contribution in [0.1, 0.15) is 35.1 Å². The lowest BCUT2D eigenvalue weighted by Gasteiger charge is -2.24. The fourth-order valence-electron chi connectivity index (χ4n) is 5.80. The van der Waals surface area contributed by atoms with Gasteiger partial charge in [-0.1, -0.05) is 102 Å². The SMILES string of the molecule is ClC1=C(C=Nc2cccc3ccccc23)CCc2cc3c(cc21)C(Cl)=C(C=Nc1cccc2ccccc12)CC3. The third kappa shape index (κ3) is 4.58. The summed E-state index contributed by atoms with van der Waals surface area (Å²) in [7, 11) is 0. The Kier molecular flexibility index (Phi) is 6.59. The first-order chi connectivity index (χ1) is 19.7. The standard InChI is InChI=1S/C36H26Cl2N2/c37-35-27(21-39-33-13-5-9-23-7-1-3-11-29(23)33)17-15-25-19-26-16-18-28(36(38)32(26)20-31(25)35)22-40-34-14-6-10-24-8-2-4-12-30(24)34/h1-14,19-22H,15-18H2. The van der Waals surface area contributed by atoms with E-state index < -0.39 is 0 Å². The third-order valence-electron chi connectivity index (χ3n) is 7.95. The van der Waals surface area contributed by atoms with Crippen molar-refractivity contribution in [3.05, 3.63) is 130 Å². The highest BCUT2D eigenvalue weighted by Crippen LogP contribution is 2.41.